The van der Waals surface area contributed by atoms with E-state index in [-0.39, 0.29) is 5.54 Å². The van der Waals surface area contributed by atoms with Gasteiger partial charge >= 0.3 is 0 Å². The van der Waals surface area contributed by atoms with Gasteiger partial charge in [-0.3, -0.25) is 0 Å². The zero-order chi connectivity index (χ0) is 10.7. The van der Waals surface area contributed by atoms with Gasteiger partial charge in [-0.1, -0.05) is 19.3 Å². The highest BCUT2D eigenvalue weighted by Gasteiger charge is 2.26. The van der Waals surface area contributed by atoms with Gasteiger partial charge in [-0.15, -0.1) is 0 Å². The zero-order valence-electron chi connectivity index (χ0n) is 9.16. The van der Waals surface area contributed by atoms with Crippen LogP contribution in [0.15, 0.2) is 12.4 Å². The summed E-state index contributed by atoms with van der Waals surface area (Å²) in [4.78, 5) is 8.06. The van der Waals surface area contributed by atoms with Gasteiger partial charge in [0, 0.05) is 11.6 Å². The number of hydrogen-bond donors (Lipinski definition) is 2. The second kappa shape index (κ2) is 4.04. The molecule has 1 aliphatic rings. The first-order chi connectivity index (χ1) is 7.18. The fourth-order valence-electron chi connectivity index (χ4n) is 2.21. The Morgan fingerprint density at radius 1 is 1.27 bits per heavy atom. The van der Waals surface area contributed by atoms with E-state index in [1.165, 1.54) is 38.4 Å². The lowest BCUT2D eigenvalue weighted by atomic mass is 9.83. The number of anilines is 2. The fraction of sp³-hybridized carbons (Fsp3) is 0.636. The monoisotopic (exact) mass is 206 g/mol. The van der Waals surface area contributed by atoms with E-state index >= 15 is 0 Å². The third-order valence-corrected chi connectivity index (χ3v) is 3.08. The van der Waals surface area contributed by atoms with Crippen molar-refractivity contribution in [3.63, 3.8) is 0 Å². The van der Waals surface area contributed by atoms with Crippen LogP contribution in [0.2, 0.25) is 0 Å². The van der Waals surface area contributed by atoms with Crippen LogP contribution in [0.4, 0.5) is 11.6 Å². The van der Waals surface area contributed by atoms with E-state index in [1.54, 1.807) is 6.07 Å². The molecule has 1 heterocycles. The van der Waals surface area contributed by atoms with Crippen molar-refractivity contribution in [1.82, 2.24) is 9.97 Å². The van der Waals surface area contributed by atoms with E-state index in [0.717, 1.165) is 5.82 Å². The molecular weight excluding hydrogens is 188 g/mol. The van der Waals surface area contributed by atoms with Crippen molar-refractivity contribution >= 4 is 11.6 Å². The zero-order valence-corrected chi connectivity index (χ0v) is 9.16. The largest absolute Gasteiger partial charge is 0.384 e. The Morgan fingerprint density at radius 2 is 2.00 bits per heavy atom. The number of nitrogens with one attached hydrogen (secondary N) is 1. The Balaban J connectivity index is 2.06. The standard InChI is InChI=1S/C11H18N4/c1-11(5-3-2-4-6-11)15-10-7-9(12)13-8-14-10/h7-8H,2-6H2,1H3,(H3,12,13,14,15). The molecule has 0 spiro atoms. The predicted octanol–water partition coefficient (Wildman–Crippen LogP) is 2.19. The van der Waals surface area contributed by atoms with Crippen LogP contribution in [0.1, 0.15) is 39.0 Å². The van der Waals surface area contributed by atoms with E-state index in [9.17, 15) is 0 Å². The van der Waals surface area contributed by atoms with E-state index in [4.69, 9.17) is 5.73 Å². The molecule has 1 saturated carbocycles. The Labute approximate surface area is 90.3 Å². The van der Waals surface area contributed by atoms with Gasteiger partial charge in [0.1, 0.15) is 18.0 Å². The Bertz CT molecular complexity index is 331. The summed E-state index contributed by atoms with van der Waals surface area (Å²) in [7, 11) is 0. The Hall–Kier alpha value is -1.32. The molecule has 0 bridgehead atoms. The average Bonchev–Trinajstić information content (AvgIpc) is 2.18. The molecule has 4 heteroatoms. The van der Waals surface area contributed by atoms with Crippen molar-refractivity contribution in [2.75, 3.05) is 11.1 Å². The summed E-state index contributed by atoms with van der Waals surface area (Å²) in [5, 5.41) is 3.47. The molecule has 0 saturated heterocycles. The summed E-state index contributed by atoms with van der Waals surface area (Å²) in [6.45, 7) is 2.25. The minimum absolute atomic E-state index is 0.180. The normalized spacial score (nSPS) is 19.8. The molecule has 2 rings (SSSR count). The third-order valence-electron chi connectivity index (χ3n) is 3.08. The van der Waals surface area contributed by atoms with E-state index < -0.39 is 0 Å². The maximum Gasteiger partial charge on any atom is 0.131 e. The smallest absolute Gasteiger partial charge is 0.131 e. The second-order valence-corrected chi connectivity index (χ2v) is 4.57. The summed E-state index contributed by atoms with van der Waals surface area (Å²) in [5.41, 5.74) is 5.80. The van der Waals surface area contributed by atoms with Gasteiger partial charge in [0.15, 0.2) is 0 Å². The molecule has 0 amide bonds. The molecule has 1 fully saturated rings. The lowest BCUT2D eigenvalue weighted by Crippen LogP contribution is -2.37. The molecule has 82 valence electrons. The number of nitrogen functional groups attached to an aromatic ring is 1. The number of hydrogen-bond acceptors (Lipinski definition) is 4. The van der Waals surface area contributed by atoms with Gasteiger partial charge < -0.3 is 11.1 Å². The molecule has 1 aromatic heterocycles. The Kier molecular flexibility index (Phi) is 2.75. The van der Waals surface area contributed by atoms with Crippen LogP contribution in [0, 0.1) is 0 Å². The number of nitrogens with two attached hydrogens (primary N) is 1. The molecule has 1 aromatic rings. The molecule has 3 N–H and O–H groups in total. The maximum absolute atomic E-state index is 5.62. The van der Waals surface area contributed by atoms with Gasteiger partial charge in [-0.05, 0) is 19.8 Å². The molecule has 4 nitrogen and oxygen atoms in total. The van der Waals surface area contributed by atoms with Crippen LogP contribution in [0.3, 0.4) is 0 Å². The molecule has 0 aromatic carbocycles. The molecule has 15 heavy (non-hydrogen) atoms. The molecule has 0 atom stereocenters. The first kappa shape index (κ1) is 10.2. The summed E-state index contributed by atoms with van der Waals surface area (Å²) in [6.07, 6.45) is 7.86. The maximum atomic E-state index is 5.62. The van der Waals surface area contributed by atoms with Gasteiger partial charge in [-0.2, -0.15) is 0 Å². The topological polar surface area (TPSA) is 63.8 Å². The SMILES string of the molecule is CC1(Nc2cc(N)ncn2)CCCCC1. The van der Waals surface area contributed by atoms with Gasteiger partial charge in [0.25, 0.3) is 0 Å². The Morgan fingerprint density at radius 3 is 2.67 bits per heavy atom. The van der Waals surface area contributed by atoms with Crippen LogP contribution >= 0.6 is 0 Å². The molecule has 0 unspecified atom stereocenters. The summed E-state index contributed by atoms with van der Waals surface area (Å²) >= 11 is 0. The molecule has 1 aliphatic carbocycles. The minimum Gasteiger partial charge on any atom is -0.384 e. The highest BCUT2D eigenvalue weighted by atomic mass is 15.1. The van der Waals surface area contributed by atoms with Crippen molar-refractivity contribution in [3.8, 4) is 0 Å². The van der Waals surface area contributed by atoms with Gasteiger partial charge in [0.2, 0.25) is 0 Å². The molecule has 0 radical (unpaired) electrons. The third kappa shape index (κ3) is 2.58. The van der Waals surface area contributed by atoms with Crippen LogP contribution in [0.5, 0.6) is 0 Å². The number of rotatable bonds is 2. The van der Waals surface area contributed by atoms with Crippen molar-refractivity contribution < 1.29 is 0 Å². The summed E-state index contributed by atoms with van der Waals surface area (Å²) < 4.78 is 0. The number of nitrogens with zero attached hydrogens (tertiary/aromatic N) is 2. The van der Waals surface area contributed by atoms with Crippen molar-refractivity contribution in [1.29, 1.82) is 0 Å². The van der Waals surface area contributed by atoms with Crippen LogP contribution in [-0.4, -0.2) is 15.5 Å². The van der Waals surface area contributed by atoms with Crippen LogP contribution in [0.25, 0.3) is 0 Å². The lowest BCUT2D eigenvalue weighted by Gasteiger charge is -2.35. The predicted molar refractivity (Wildman–Crippen MR) is 61.6 cm³/mol. The van der Waals surface area contributed by atoms with Crippen molar-refractivity contribution in [3.05, 3.63) is 12.4 Å². The lowest BCUT2D eigenvalue weighted by molar-refractivity contribution is 0.348. The average molecular weight is 206 g/mol. The quantitative estimate of drug-likeness (QED) is 0.778. The van der Waals surface area contributed by atoms with Gasteiger partial charge in [-0.25, -0.2) is 9.97 Å². The molecular formula is C11H18N4. The van der Waals surface area contributed by atoms with Crippen molar-refractivity contribution in [2.24, 2.45) is 0 Å². The summed E-state index contributed by atoms with van der Waals surface area (Å²) in [6, 6.07) is 1.79. The van der Waals surface area contributed by atoms with E-state index in [1.807, 2.05) is 0 Å². The van der Waals surface area contributed by atoms with Gasteiger partial charge in [0.05, 0.1) is 0 Å². The number of aromatic nitrogens is 2. The fourth-order valence-corrected chi connectivity index (χ4v) is 2.21. The highest BCUT2D eigenvalue weighted by molar-refractivity contribution is 5.45. The van der Waals surface area contributed by atoms with E-state index in [2.05, 4.69) is 22.2 Å². The van der Waals surface area contributed by atoms with Crippen LogP contribution < -0.4 is 11.1 Å². The minimum atomic E-state index is 0.180. The summed E-state index contributed by atoms with van der Waals surface area (Å²) in [5.74, 6) is 1.36. The van der Waals surface area contributed by atoms with E-state index in [0.29, 0.717) is 5.82 Å². The first-order valence-corrected chi connectivity index (χ1v) is 5.54. The highest BCUT2D eigenvalue weighted by Crippen LogP contribution is 2.30. The van der Waals surface area contributed by atoms with Crippen molar-refractivity contribution in [2.45, 2.75) is 44.6 Å². The van der Waals surface area contributed by atoms with Crippen LogP contribution in [-0.2, 0) is 0 Å². The second-order valence-electron chi connectivity index (χ2n) is 4.57. The first-order valence-electron chi connectivity index (χ1n) is 5.54. The molecule has 0 aliphatic heterocycles.